The lowest BCUT2D eigenvalue weighted by Gasteiger charge is -2.31. The number of fused-ring (bicyclic) bond motifs is 6. The molecule has 9 aromatic carbocycles. The Morgan fingerprint density at radius 2 is 1.14 bits per heavy atom. The van der Waals surface area contributed by atoms with Crippen molar-refractivity contribution in [2.24, 2.45) is 0 Å². The first-order valence-electron chi connectivity index (χ1n) is 20.1. The van der Waals surface area contributed by atoms with Gasteiger partial charge in [0.15, 0.2) is 0 Å². The molecule has 1 aliphatic rings. The third-order valence-corrected chi connectivity index (χ3v) is 11.7. The van der Waals surface area contributed by atoms with Crippen molar-refractivity contribution in [2.45, 2.75) is 12.8 Å². The number of rotatable bonds is 7. The second-order valence-corrected chi connectivity index (χ2v) is 15.0. The fraction of sp³-hybridized carbons (Fsp3) is 0.0357. The van der Waals surface area contributed by atoms with Crippen molar-refractivity contribution in [2.75, 3.05) is 4.90 Å². The largest absolute Gasteiger partial charge is 0.310 e. The van der Waals surface area contributed by atoms with Crippen LogP contribution in [0.15, 0.2) is 200 Å². The number of aromatic nitrogens is 1. The number of benzene rings is 8. The van der Waals surface area contributed by atoms with Gasteiger partial charge in [-0.1, -0.05) is 164 Å². The maximum Gasteiger partial charge on any atom is 0.0624 e. The van der Waals surface area contributed by atoms with Crippen LogP contribution in [0, 0.1) is 12.1 Å². The van der Waals surface area contributed by atoms with Crippen LogP contribution in [-0.2, 0) is 0 Å². The quantitative estimate of drug-likeness (QED) is 0.148. The topological polar surface area (TPSA) is 8.17 Å². The van der Waals surface area contributed by atoms with E-state index in [1.165, 1.54) is 71.0 Å². The molecule has 11 rings (SSSR count). The third kappa shape index (κ3) is 5.60. The maximum atomic E-state index is 3.30. The number of hydrogen-bond donors (Lipinski definition) is 0. The van der Waals surface area contributed by atoms with E-state index in [1.807, 2.05) is 12.1 Å². The van der Waals surface area contributed by atoms with Gasteiger partial charge in [-0.05, 0) is 106 Å². The van der Waals surface area contributed by atoms with Crippen LogP contribution in [0.2, 0.25) is 0 Å². The molecular formula is C56H38N2. The van der Waals surface area contributed by atoms with E-state index >= 15 is 0 Å². The molecule has 272 valence electrons. The molecule has 58 heavy (non-hydrogen) atoms. The van der Waals surface area contributed by atoms with E-state index < -0.39 is 0 Å². The van der Waals surface area contributed by atoms with Gasteiger partial charge in [-0.2, -0.15) is 0 Å². The Morgan fingerprint density at radius 1 is 0.483 bits per heavy atom. The molecule has 0 fully saturated rings. The summed E-state index contributed by atoms with van der Waals surface area (Å²) in [5.41, 5.74) is 12.9. The van der Waals surface area contributed by atoms with Crippen LogP contribution in [0.3, 0.4) is 0 Å². The molecule has 0 amide bonds. The summed E-state index contributed by atoms with van der Waals surface area (Å²) in [6, 6.07) is 79.0. The first kappa shape index (κ1) is 33.7. The lowest BCUT2D eigenvalue weighted by molar-refractivity contribution is 1.01. The summed E-state index contributed by atoms with van der Waals surface area (Å²) >= 11 is 0. The zero-order valence-electron chi connectivity index (χ0n) is 31.9. The molecule has 1 aromatic heterocycles. The second kappa shape index (κ2) is 14.2. The summed E-state index contributed by atoms with van der Waals surface area (Å²) in [7, 11) is 0. The minimum absolute atomic E-state index is 0.965. The van der Waals surface area contributed by atoms with Gasteiger partial charge in [0, 0.05) is 44.2 Å². The van der Waals surface area contributed by atoms with Crippen LogP contribution >= 0.6 is 0 Å². The van der Waals surface area contributed by atoms with E-state index in [9.17, 15) is 0 Å². The van der Waals surface area contributed by atoms with Gasteiger partial charge >= 0.3 is 0 Å². The summed E-state index contributed by atoms with van der Waals surface area (Å²) in [5, 5.41) is 8.79. The molecule has 0 atom stereocenters. The fourth-order valence-corrected chi connectivity index (χ4v) is 9.20. The smallest absolute Gasteiger partial charge is 0.0624 e. The first-order chi connectivity index (χ1) is 28.8. The molecule has 1 heterocycles. The van der Waals surface area contributed by atoms with Crippen LogP contribution in [0.1, 0.15) is 18.4 Å². The standard InChI is InChI=1S/C56H38N2/c1-4-18-39(19-5-1)40-34-36-44(37-35-40)57(56-50-29-13-11-27-48(50)47-26-10-12-28-49(47)54(56)41-20-6-2-7-21-41)45-25-16-22-42(38-45)46-31-17-33-53-55(46)51-30-14-15-32-52(51)58(53)43-23-8-3-9-24-43/h1-4,6-16,18,20-30,32-38H,17,31H2. The van der Waals surface area contributed by atoms with Crippen molar-refractivity contribution in [3.05, 3.63) is 228 Å². The molecule has 0 bridgehead atoms. The number of anilines is 3. The Labute approximate surface area is 338 Å². The highest BCUT2D eigenvalue weighted by molar-refractivity contribution is 6.22. The zero-order valence-corrected chi connectivity index (χ0v) is 31.9. The Balaban J connectivity index is 1.21. The Hall–Kier alpha value is -7.60. The van der Waals surface area contributed by atoms with Crippen LogP contribution < -0.4 is 15.5 Å². The molecule has 0 saturated carbocycles. The highest BCUT2D eigenvalue weighted by Crippen LogP contribution is 2.49. The molecule has 0 saturated heterocycles. The minimum Gasteiger partial charge on any atom is -0.310 e. The second-order valence-electron chi connectivity index (χ2n) is 15.0. The SMILES string of the molecule is c1cccc(-c2ccc(N(c3cccc(C4=c5c(n(-c6ccccc6)c6ccccc56)=CCC4)c3)c3c(-c4ccccc4)c4ccccc4c4ccccc34)cc2)c#1. The van der Waals surface area contributed by atoms with Crippen molar-refractivity contribution >= 4 is 61.2 Å². The van der Waals surface area contributed by atoms with Gasteiger partial charge in [-0.3, -0.25) is 0 Å². The highest BCUT2D eigenvalue weighted by Gasteiger charge is 2.25. The van der Waals surface area contributed by atoms with Gasteiger partial charge in [0.05, 0.1) is 16.6 Å². The van der Waals surface area contributed by atoms with E-state index in [0.29, 0.717) is 0 Å². The van der Waals surface area contributed by atoms with Crippen LogP contribution in [0.25, 0.3) is 72.0 Å². The molecular weight excluding hydrogens is 701 g/mol. The lowest BCUT2D eigenvalue weighted by atomic mass is 9.89. The Morgan fingerprint density at radius 3 is 1.90 bits per heavy atom. The molecule has 10 aromatic rings. The van der Waals surface area contributed by atoms with E-state index in [4.69, 9.17) is 0 Å². The average Bonchev–Trinajstić information content (AvgIpc) is 3.65. The Kier molecular flexibility index (Phi) is 8.23. The number of nitrogens with zero attached hydrogens (tertiary/aromatic N) is 2. The third-order valence-electron chi connectivity index (χ3n) is 11.7. The summed E-state index contributed by atoms with van der Waals surface area (Å²) in [6.07, 6.45) is 4.37. The summed E-state index contributed by atoms with van der Waals surface area (Å²) in [5.74, 6) is 0. The van der Waals surface area contributed by atoms with E-state index in [0.717, 1.165) is 41.0 Å². The monoisotopic (exact) mass is 738 g/mol. The maximum absolute atomic E-state index is 3.30. The number of hydrogen-bond acceptors (Lipinski definition) is 1. The molecule has 0 radical (unpaired) electrons. The van der Waals surface area contributed by atoms with Gasteiger partial charge in [0.2, 0.25) is 0 Å². The van der Waals surface area contributed by atoms with Gasteiger partial charge in [-0.15, -0.1) is 0 Å². The van der Waals surface area contributed by atoms with Crippen LogP contribution in [0.5, 0.6) is 0 Å². The minimum atomic E-state index is 0.965. The number of para-hydroxylation sites is 2. The molecule has 0 spiro atoms. The predicted octanol–water partition coefficient (Wildman–Crippen LogP) is 13.1. The lowest BCUT2D eigenvalue weighted by Crippen LogP contribution is -2.32. The molecule has 0 aliphatic heterocycles. The van der Waals surface area contributed by atoms with E-state index in [2.05, 4.69) is 216 Å². The molecule has 0 unspecified atom stereocenters. The van der Waals surface area contributed by atoms with Gasteiger partial charge in [-0.25, -0.2) is 0 Å². The first-order valence-corrected chi connectivity index (χ1v) is 20.1. The average molecular weight is 739 g/mol. The normalized spacial score (nSPS) is 12.3. The van der Waals surface area contributed by atoms with Crippen molar-refractivity contribution in [3.8, 4) is 27.9 Å². The van der Waals surface area contributed by atoms with Crippen molar-refractivity contribution in [1.82, 2.24) is 4.57 Å². The van der Waals surface area contributed by atoms with Crippen LogP contribution in [-0.4, -0.2) is 4.57 Å². The van der Waals surface area contributed by atoms with Gasteiger partial charge < -0.3 is 9.47 Å². The van der Waals surface area contributed by atoms with Gasteiger partial charge in [0.25, 0.3) is 0 Å². The van der Waals surface area contributed by atoms with Crippen molar-refractivity contribution in [1.29, 1.82) is 0 Å². The van der Waals surface area contributed by atoms with E-state index in [-0.39, 0.29) is 0 Å². The zero-order chi connectivity index (χ0) is 38.4. The summed E-state index contributed by atoms with van der Waals surface area (Å²) in [4.78, 5) is 2.49. The predicted molar refractivity (Wildman–Crippen MR) is 243 cm³/mol. The van der Waals surface area contributed by atoms with Crippen molar-refractivity contribution < 1.29 is 0 Å². The summed E-state index contributed by atoms with van der Waals surface area (Å²) < 4.78 is 2.44. The molecule has 1 aliphatic carbocycles. The molecule has 2 nitrogen and oxygen atoms in total. The van der Waals surface area contributed by atoms with Crippen molar-refractivity contribution in [3.63, 3.8) is 0 Å². The molecule has 2 heteroatoms. The molecule has 0 N–H and O–H groups in total. The van der Waals surface area contributed by atoms with Gasteiger partial charge in [0.1, 0.15) is 0 Å². The summed E-state index contributed by atoms with van der Waals surface area (Å²) in [6.45, 7) is 0. The van der Waals surface area contributed by atoms with E-state index in [1.54, 1.807) is 0 Å². The highest BCUT2D eigenvalue weighted by atomic mass is 15.1. The fourth-order valence-electron chi connectivity index (χ4n) is 9.20. The van der Waals surface area contributed by atoms with Crippen LogP contribution in [0.4, 0.5) is 17.1 Å². The Bertz CT molecular complexity index is 3250.